The lowest BCUT2D eigenvalue weighted by molar-refractivity contribution is 0.0531. The fraction of sp³-hybridized carbons (Fsp3) is 0.429. The Labute approximate surface area is 107 Å². The second kappa shape index (κ2) is 5.19. The van der Waals surface area contributed by atoms with Gasteiger partial charge in [0.05, 0.1) is 6.07 Å². The van der Waals surface area contributed by atoms with E-state index in [4.69, 9.17) is 4.74 Å². The molecule has 1 aromatic rings. The van der Waals surface area contributed by atoms with Crippen molar-refractivity contribution in [1.29, 1.82) is 5.26 Å². The zero-order valence-corrected chi connectivity index (χ0v) is 10.4. The standard InChI is InChI=1S/C14H16N2O2/c1-11-2-4-12(5-3-11)13(17)16-14(10-15)6-8-18-9-7-14/h2-5H,6-9H2,1H3,(H,16,17). The molecular weight excluding hydrogens is 228 g/mol. The van der Waals surface area contributed by atoms with Crippen LogP contribution in [0.15, 0.2) is 24.3 Å². The first kappa shape index (κ1) is 12.6. The van der Waals surface area contributed by atoms with Crippen molar-refractivity contribution in [2.75, 3.05) is 13.2 Å². The van der Waals surface area contributed by atoms with E-state index in [0.717, 1.165) is 5.56 Å². The van der Waals surface area contributed by atoms with Crippen LogP contribution < -0.4 is 5.32 Å². The number of aryl methyl sites for hydroxylation is 1. The summed E-state index contributed by atoms with van der Waals surface area (Å²) in [6, 6.07) is 9.54. The second-order valence-electron chi connectivity index (χ2n) is 4.63. The van der Waals surface area contributed by atoms with Gasteiger partial charge in [-0.1, -0.05) is 17.7 Å². The number of nitrogens with one attached hydrogen (secondary N) is 1. The highest BCUT2D eigenvalue weighted by atomic mass is 16.5. The summed E-state index contributed by atoms with van der Waals surface area (Å²) in [6.45, 7) is 3.00. The first-order valence-corrected chi connectivity index (χ1v) is 6.03. The molecule has 0 aliphatic carbocycles. The Morgan fingerprint density at radius 3 is 2.50 bits per heavy atom. The molecule has 2 rings (SSSR count). The molecule has 0 aromatic heterocycles. The lowest BCUT2D eigenvalue weighted by Gasteiger charge is -2.31. The normalized spacial score (nSPS) is 17.8. The number of nitriles is 1. The molecule has 4 nitrogen and oxygen atoms in total. The summed E-state index contributed by atoms with van der Waals surface area (Å²) in [5.41, 5.74) is 0.912. The Bertz CT molecular complexity index is 468. The minimum absolute atomic E-state index is 0.196. The van der Waals surface area contributed by atoms with Gasteiger partial charge in [0, 0.05) is 31.6 Å². The maximum absolute atomic E-state index is 12.1. The second-order valence-corrected chi connectivity index (χ2v) is 4.63. The molecular formula is C14H16N2O2. The van der Waals surface area contributed by atoms with Gasteiger partial charge in [-0.3, -0.25) is 4.79 Å². The van der Waals surface area contributed by atoms with Crippen molar-refractivity contribution >= 4 is 5.91 Å². The third-order valence-corrected chi connectivity index (χ3v) is 3.23. The van der Waals surface area contributed by atoms with Crippen LogP contribution in [0.4, 0.5) is 0 Å². The van der Waals surface area contributed by atoms with E-state index >= 15 is 0 Å². The molecule has 1 heterocycles. The van der Waals surface area contributed by atoms with E-state index in [-0.39, 0.29) is 5.91 Å². The van der Waals surface area contributed by atoms with E-state index in [1.165, 1.54) is 0 Å². The molecule has 0 spiro atoms. The first-order valence-electron chi connectivity index (χ1n) is 6.03. The number of rotatable bonds is 2. The van der Waals surface area contributed by atoms with Gasteiger partial charge >= 0.3 is 0 Å². The Kier molecular flexibility index (Phi) is 3.63. The minimum Gasteiger partial charge on any atom is -0.381 e. The molecule has 1 N–H and O–H groups in total. The van der Waals surface area contributed by atoms with Crippen molar-refractivity contribution in [3.8, 4) is 6.07 Å². The largest absolute Gasteiger partial charge is 0.381 e. The molecule has 0 saturated carbocycles. The van der Waals surface area contributed by atoms with Gasteiger partial charge in [0.15, 0.2) is 0 Å². The minimum atomic E-state index is -0.778. The number of hydrogen-bond acceptors (Lipinski definition) is 3. The quantitative estimate of drug-likeness (QED) is 0.862. The van der Waals surface area contributed by atoms with Gasteiger partial charge in [-0.2, -0.15) is 5.26 Å². The molecule has 1 aliphatic heterocycles. The first-order chi connectivity index (χ1) is 8.65. The summed E-state index contributed by atoms with van der Waals surface area (Å²) >= 11 is 0. The topological polar surface area (TPSA) is 62.1 Å². The van der Waals surface area contributed by atoms with E-state index in [2.05, 4.69) is 11.4 Å². The van der Waals surface area contributed by atoms with Crippen molar-refractivity contribution in [2.45, 2.75) is 25.3 Å². The highest BCUT2D eigenvalue weighted by Crippen LogP contribution is 2.20. The third-order valence-electron chi connectivity index (χ3n) is 3.23. The summed E-state index contributed by atoms with van der Waals surface area (Å²) in [6.07, 6.45) is 1.09. The van der Waals surface area contributed by atoms with Gasteiger partial charge in [0.1, 0.15) is 5.54 Å². The number of ether oxygens (including phenoxy) is 1. The molecule has 4 heteroatoms. The van der Waals surface area contributed by atoms with E-state index in [0.29, 0.717) is 31.6 Å². The summed E-state index contributed by atoms with van der Waals surface area (Å²) in [7, 11) is 0. The van der Waals surface area contributed by atoms with Crippen LogP contribution in [0.2, 0.25) is 0 Å². The fourth-order valence-electron chi connectivity index (χ4n) is 1.98. The molecule has 18 heavy (non-hydrogen) atoms. The van der Waals surface area contributed by atoms with Crippen LogP contribution in [0.3, 0.4) is 0 Å². The SMILES string of the molecule is Cc1ccc(C(=O)NC2(C#N)CCOCC2)cc1. The van der Waals surface area contributed by atoms with Crippen molar-refractivity contribution in [3.63, 3.8) is 0 Å². The molecule has 94 valence electrons. The van der Waals surface area contributed by atoms with E-state index < -0.39 is 5.54 Å². The number of nitrogens with zero attached hydrogens (tertiary/aromatic N) is 1. The van der Waals surface area contributed by atoms with Crippen LogP contribution in [0.5, 0.6) is 0 Å². The maximum Gasteiger partial charge on any atom is 0.252 e. The number of benzene rings is 1. The number of hydrogen-bond donors (Lipinski definition) is 1. The van der Waals surface area contributed by atoms with Gasteiger partial charge < -0.3 is 10.1 Å². The summed E-state index contributed by atoms with van der Waals surface area (Å²) < 4.78 is 5.23. The average Bonchev–Trinajstić information content (AvgIpc) is 2.40. The Balaban J connectivity index is 2.10. The predicted octanol–water partition coefficient (Wildman–Crippen LogP) is 1.80. The van der Waals surface area contributed by atoms with Gasteiger partial charge in [-0.15, -0.1) is 0 Å². The van der Waals surface area contributed by atoms with Crippen LogP contribution >= 0.6 is 0 Å². The number of amides is 1. The molecule has 1 fully saturated rings. The zero-order chi connectivity index (χ0) is 13.0. The highest BCUT2D eigenvalue weighted by Gasteiger charge is 2.34. The predicted molar refractivity (Wildman–Crippen MR) is 67.0 cm³/mol. The fourth-order valence-corrected chi connectivity index (χ4v) is 1.98. The Morgan fingerprint density at radius 1 is 1.33 bits per heavy atom. The summed E-state index contributed by atoms with van der Waals surface area (Å²) in [5.74, 6) is -0.196. The lowest BCUT2D eigenvalue weighted by Crippen LogP contribution is -2.50. The molecule has 1 aromatic carbocycles. The Morgan fingerprint density at radius 2 is 1.94 bits per heavy atom. The van der Waals surface area contributed by atoms with E-state index in [1.807, 2.05) is 19.1 Å². The van der Waals surface area contributed by atoms with Gasteiger partial charge in [-0.05, 0) is 19.1 Å². The Hall–Kier alpha value is -1.86. The smallest absolute Gasteiger partial charge is 0.252 e. The van der Waals surface area contributed by atoms with Crippen molar-refractivity contribution < 1.29 is 9.53 Å². The molecule has 1 aliphatic rings. The third kappa shape index (κ3) is 2.69. The van der Waals surface area contributed by atoms with Gasteiger partial charge in [0.2, 0.25) is 0 Å². The lowest BCUT2D eigenvalue weighted by atomic mass is 9.91. The van der Waals surface area contributed by atoms with E-state index in [9.17, 15) is 10.1 Å². The van der Waals surface area contributed by atoms with Crippen LogP contribution in [-0.2, 0) is 4.74 Å². The number of carbonyl (C=O) groups is 1. The van der Waals surface area contributed by atoms with Gasteiger partial charge in [-0.25, -0.2) is 0 Å². The van der Waals surface area contributed by atoms with E-state index in [1.54, 1.807) is 12.1 Å². The molecule has 0 radical (unpaired) electrons. The number of carbonyl (C=O) groups excluding carboxylic acids is 1. The molecule has 1 amide bonds. The zero-order valence-electron chi connectivity index (χ0n) is 10.4. The van der Waals surface area contributed by atoms with Crippen molar-refractivity contribution in [2.24, 2.45) is 0 Å². The van der Waals surface area contributed by atoms with Crippen LogP contribution in [0.1, 0.15) is 28.8 Å². The highest BCUT2D eigenvalue weighted by molar-refractivity contribution is 5.95. The molecule has 1 saturated heterocycles. The summed E-state index contributed by atoms with van der Waals surface area (Å²) in [4.78, 5) is 12.1. The van der Waals surface area contributed by atoms with Crippen LogP contribution in [-0.4, -0.2) is 24.7 Å². The maximum atomic E-state index is 12.1. The molecule has 0 unspecified atom stereocenters. The van der Waals surface area contributed by atoms with Crippen LogP contribution in [0, 0.1) is 18.3 Å². The molecule has 0 atom stereocenters. The van der Waals surface area contributed by atoms with Crippen molar-refractivity contribution in [3.05, 3.63) is 35.4 Å². The summed E-state index contributed by atoms with van der Waals surface area (Å²) in [5, 5.41) is 12.1. The van der Waals surface area contributed by atoms with Crippen molar-refractivity contribution in [1.82, 2.24) is 5.32 Å². The molecule has 0 bridgehead atoms. The van der Waals surface area contributed by atoms with Gasteiger partial charge in [0.25, 0.3) is 5.91 Å². The monoisotopic (exact) mass is 244 g/mol. The average molecular weight is 244 g/mol. The van der Waals surface area contributed by atoms with Crippen LogP contribution in [0.25, 0.3) is 0 Å².